The molecule has 0 aliphatic carbocycles. The van der Waals surface area contributed by atoms with Gasteiger partial charge in [-0.3, -0.25) is 0 Å². The lowest BCUT2D eigenvalue weighted by Crippen LogP contribution is -2.39. The number of carbonyl (C=O) groups is 1. The molecule has 0 spiro atoms. The fourth-order valence-electron chi connectivity index (χ4n) is 0.625. The van der Waals surface area contributed by atoms with E-state index < -0.39 is 18.1 Å². The largest absolute Gasteiger partial charge is 0.479 e. The number of ether oxygens (including phenoxy) is 1. The van der Waals surface area contributed by atoms with E-state index in [2.05, 4.69) is 4.74 Å². The lowest BCUT2D eigenvalue weighted by Gasteiger charge is -2.26. The topological polar surface area (TPSA) is 46.5 Å². The molecule has 1 unspecified atom stereocenters. The Morgan fingerprint density at radius 1 is 1.78 bits per heavy atom. The van der Waals surface area contributed by atoms with E-state index in [1.807, 2.05) is 0 Å². The monoisotopic (exact) mass is 134 g/mol. The molecule has 1 aliphatic rings. The molecule has 0 bridgehead atoms. The Kier molecular flexibility index (Phi) is 1.66. The first kappa shape index (κ1) is 6.48. The number of carboxylic acids is 1. The maximum atomic E-state index is 12.3. The van der Waals surface area contributed by atoms with Crippen molar-refractivity contribution >= 4 is 5.97 Å². The number of carboxylic acid groups (broad SMARTS) is 1. The molecule has 1 atom stereocenters. The summed E-state index contributed by atoms with van der Waals surface area (Å²) >= 11 is 0. The van der Waals surface area contributed by atoms with Crippen molar-refractivity contribution < 1.29 is 19.0 Å². The van der Waals surface area contributed by atoms with Crippen LogP contribution >= 0.6 is 0 Å². The van der Waals surface area contributed by atoms with Gasteiger partial charge < -0.3 is 9.84 Å². The van der Waals surface area contributed by atoms with E-state index in [1.165, 1.54) is 0 Å². The molecule has 1 saturated heterocycles. The van der Waals surface area contributed by atoms with Gasteiger partial charge in [0.15, 0.2) is 0 Å². The number of aliphatic carboxylic acids is 1. The minimum absolute atomic E-state index is 0.244. The molecule has 52 valence electrons. The number of alkyl halides is 1. The predicted molar refractivity (Wildman–Crippen MR) is 26.8 cm³/mol. The summed E-state index contributed by atoms with van der Waals surface area (Å²) in [5.74, 6) is -1.80. The molecule has 4 heteroatoms. The van der Waals surface area contributed by atoms with Gasteiger partial charge in [0, 0.05) is 5.92 Å². The second-order valence-corrected chi connectivity index (χ2v) is 2.04. The molecule has 9 heavy (non-hydrogen) atoms. The molecule has 0 radical (unpaired) electrons. The summed E-state index contributed by atoms with van der Waals surface area (Å²) in [6.45, 7) is 0.487. The van der Waals surface area contributed by atoms with Gasteiger partial charge in [0.25, 0.3) is 0 Å². The Balaban J connectivity index is 2.32. The van der Waals surface area contributed by atoms with Crippen LogP contribution in [-0.2, 0) is 9.53 Å². The molecule has 0 aromatic heterocycles. The van der Waals surface area contributed by atoms with Gasteiger partial charge in [-0.15, -0.1) is 0 Å². The van der Waals surface area contributed by atoms with E-state index in [1.54, 1.807) is 0 Å². The van der Waals surface area contributed by atoms with Gasteiger partial charge in [0.2, 0.25) is 6.17 Å². The SMILES string of the molecule is O=C(O)C(F)C1COC1. The van der Waals surface area contributed by atoms with Crippen LogP contribution in [0.3, 0.4) is 0 Å². The van der Waals surface area contributed by atoms with E-state index in [4.69, 9.17) is 5.11 Å². The zero-order valence-corrected chi connectivity index (χ0v) is 4.71. The molecule has 0 aromatic rings. The smallest absolute Gasteiger partial charge is 0.338 e. The molecular formula is C5H7FO3. The standard InChI is InChI=1S/C5H7FO3/c6-4(5(7)8)3-1-9-2-3/h3-4H,1-2H2,(H,7,8). The van der Waals surface area contributed by atoms with Gasteiger partial charge in [-0.1, -0.05) is 0 Å². The molecule has 0 amide bonds. The van der Waals surface area contributed by atoms with Crippen molar-refractivity contribution in [1.29, 1.82) is 0 Å². The van der Waals surface area contributed by atoms with Gasteiger partial charge in [0.1, 0.15) is 0 Å². The van der Waals surface area contributed by atoms with Crippen LogP contribution in [0.1, 0.15) is 0 Å². The van der Waals surface area contributed by atoms with Crippen LogP contribution in [-0.4, -0.2) is 30.5 Å². The first-order valence-electron chi connectivity index (χ1n) is 2.66. The molecule has 1 aliphatic heterocycles. The first-order valence-corrected chi connectivity index (χ1v) is 2.66. The summed E-state index contributed by atoms with van der Waals surface area (Å²) in [6.07, 6.45) is -1.74. The van der Waals surface area contributed by atoms with Gasteiger partial charge in [-0.25, -0.2) is 9.18 Å². The van der Waals surface area contributed by atoms with Crippen LogP contribution in [0.25, 0.3) is 0 Å². The molecule has 0 aromatic carbocycles. The Morgan fingerprint density at radius 3 is 2.44 bits per heavy atom. The number of halogens is 1. The summed E-state index contributed by atoms with van der Waals surface area (Å²) in [6, 6.07) is 0. The zero-order valence-electron chi connectivity index (χ0n) is 4.71. The van der Waals surface area contributed by atoms with E-state index in [9.17, 15) is 9.18 Å². The van der Waals surface area contributed by atoms with Crippen LogP contribution in [0.5, 0.6) is 0 Å². The summed E-state index contributed by atoms with van der Waals surface area (Å²) in [7, 11) is 0. The van der Waals surface area contributed by atoms with E-state index in [0.29, 0.717) is 0 Å². The lowest BCUT2D eigenvalue weighted by atomic mass is 10.0. The van der Waals surface area contributed by atoms with Crippen molar-refractivity contribution in [3.63, 3.8) is 0 Å². The summed E-state index contributed by atoms with van der Waals surface area (Å²) < 4.78 is 16.9. The highest BCUT2D eigenvalue weighted by Crippen LogP contribution is 2.17. The molecule has 1 fully saturated rings. The Morgan fingerprint density at radius 2 is 2.33 bits per heavy atom. The van der Waals surface area contributed by atoms with Crippen LogP contribution in [0, 0.1) is 5.92 Å². The molecule has 1 heterocycles. The average Bonchev–Trinajstić information content (AvgIpc) is 1.60. The van der Waals surface area contributed by atoms with Gasteiger partial charge >= 0.3 is 5.97 Å². The highest BCUT2D eigenvalue weighted by molar-refractivity contribution is 5.72. The van der Waals surface area contributed by atoms with Crippen LogP contribution < -0.4 is 0 Å². The third kappa shape index (κ3) is 1.18. The quantitative estimate of drug-likeness (QED) is 0.580. The lowest BCUT2D eigenvalue weighted by molar-refractivity contribution is -0.153. The third-order valence-electron chi connectivity index (χ3n) is 1.31. The van der Waals surface area contributed by atoms with Crippen LogP contribution in [0.2, 0.25) is 0 Å². The average molecular weight is 134 g/mol. The van der Waals surface area contributed by atoms with E-state index >= 15 is 0 Å². The maximum absolute atomic E-state index is 12.3. The number of hydrogen-bond donors (Lipinski definition) is 1. The predicted octanol–water partition coefficient (Wildman–Crippen LogP) is 0.0555. The van der Waals surface area contributed by atoms with Gasteiger partial charge in [-0.2, -0.15) is 0 Å². The number of hydrogen-bond acceptors (Lipinski definition) is 2. The van der Waals surface area contributed by atoms with Crippen molar-refractivity contribution in [2.45, 2.75) is 6.17 Å². The molecule has 1 rings (SSSR count). The van der Waals surface area contributed by atoms with E-state index in [-0.39, 0.29) is 13.2 Å². The molecule has 3 nitrogen and oxygen atoms in total. The Hall–Kier alpha value is -0.640. The molecule has 1 N–H and O–H groups in total. The Bertz CT molecular complexity index is 121. The first-order chi connectivity index (χ1) is 4.22. The molecular weight excluding hydrogens is 127 g/mol. The van der Waals surface area contributed by atoms with Crippen molar-refractivity contribution in [3.8, 4) is 0 Å². The highest BCUT2D eigenvalue weighted by atomic mass is 19.1. The van der Waals surface area contributed by atoms with Crippen molar-refractivity contribution in [3.05, 3.63) is 0 Å². The summed E-state index contributed by atoms with van der Waals surface area (Å²) in [4.78, 5) is 9.90. The van der Waals surface area contributed by atoms with Crippen LogP contribution in [0.4, 0.5) is 4.39 Å². The van der Waals surface area contributed by atoms with Crippen LogP contribution in [0.15, 0.2) is 0 Å². The summed E-state index contributed by atoms with van der Waals surface area (Å²) in [5.41, 5.74) is 0. The van der Waals surface area contributed by atoms with Crippen molar-refractivity contribution in [1.82, 2.24) is 0 Å². The molecule has 0 saturated carbocycles. The highest BCUT2D eigenvalue weighted by Gasteiger charge is 2.33. The van der Waals surface area contributed by atoms with Gasteiger partial charge in [0.05, 0.1) is 13.2 Å². The second-order valence-electron chi connectivity index (χ2n) is 2.04. The fourth-order valence-corrected chi connectivity index (χ4v) is 0.625. The minimum Gasteiger partial charge on any atom is -0.479 e. The second kappa shape index (κ2) is 2.31. The normalized spacial score (nSPS) is 22.8. The van der Waals surface area contributed by atoms with E-state index in [0.717, 1.165) is 0 Å². The zero-order chi connectivity index (χ0) is 6.85. The Labute approximate surface area is 51.4 Å². The minimum atomic E-state index is -1.74. The maximum Gasteiger partial charge on any atom is 0.338 e. The fraction of sp³-hybridized carbons (Fsp3) is 0.800. The van der Waals surface area contributed by atoms with Gasteiger partial charge in [-0.05, 0) is 0 Å². The summed E-state index contributed by atoms with van der Waals surface area (Å²) in [5, 5.41) is 8.09. The third-order valence-corrected chi connectivity index (χ3v) is 1.31. The van der Waals surface area contributed by atoms with Crippen molar-refractivity contribution in [2.75, 3.05) is 13.2 Å². The number of rotatable bonds is 2. The van der Waals surface area contributed by atoms with Crippen molar-refractivity contribution in [2.24, 2.45) is 5.92 Å².